The molecule has 0 bridgehead atoms. The molecule has 0 aliphatic rings. The molecular weight excluding hydrogens is 234 g/mol. The van der Waals surface area contributed by atoms with Crippen LogP contribution in [0.25, 0.3) is 0 Å². The van der Waals surface area contributed by atoms with Crippen molar-refractivity contribution in [1.29, 1.82) is 0 Å². The third-order valence-electron chi connectivity index (χ3n) is 2.30. The molecule has 0 unspecified atom stereocenters. The first-order valence-corrected chi connectivity index (χ1v) is 5.69. The van der Waals surface area contributed by atoms with Crippen LogP contribution < -0.4 is 10.9 Å². The van der Waals surface area contributed by atoms with Crippen LogP contribution in [0.3, 0.4) is 0 Å². The minimum atomic E-state index is -0.182. The van der Waals surface area contributed by atoms with E-state index in [1.807, 2.05) is 13.8 Å². The van der Waals surface area contributed by atoms with E-state index in [9.17, 15) is 4.79 Å². The van der Waals surface area contributed by atoms with Gasteiger partial charge in [-0.2, -0.15) is 4.98 Å². The lowest BCUT2D eigenvalue weighted by atomic mass is 10.2. The third kappa shape index (κ3) is 2.93. The van der Waals surface area contributed by atoms with Crippen LogP contribution in [0.5, 0.6) is 0 Å². The number of nitrogens with one attached hydrogen (secondary N) is 2. The summed E-state index contributed by atoms with van der Waals surface area (Å²) in [5, 5.41) is 6.66. The van der Waals surface area contributed by atoms with E-state index in [0.717, 1.165) is 0 Å². The molecular formula is C11H15N5O2. The van der Waals surface area contributed by atoms with E-state index in [-0.39, 0.29) is 11.5 Å². The highest BCUT2D eigenvalue weighted by molar-refractivity contribution is 5.33. The highest BCUT2D eigenvalue weighted by atomic mass is 16.5. The molecule has 7 nitrogen and oxygen atoms in total. The molecule has 0 saturated carbocycles. The predicted octanol–water partition coefficient (Wildman–Crippen LogP) is 1.20. The summed E-state index contributed by atoms with van der Waals surface area (Å²) in [5.41, 5.74) is -0.182. The van der Waals surface area contributed by atoms with Crippen molar-refractivity contribution >= 4 is 5.82 Å². The largest absolute Gasteiger partial charge is 0.361 e. The SMILES string of the molecule is Cc1noc(CNc2cc(=O)[nH]c(C(C)C)n2)n1. The van der Waals surface area contributed by atoms with Gasteiger partial charge in [0.05, 0.1) is 6.54 Å². The van der Waals surface area contributed by atoms with Crippen molar-refractivity contribution in [3.05, 3.63) is 34.0 Å². The predicted molar refractivity (Wildman–Crippen MR) is 65.3 cm³/mol. The Hall–Kier alpha value is -2.18. The summed E-state index contributed by atoms with van der Waals surface area (Å²) in [5.74, 6) is 2.34. The lowest BCUT2D eigenvalue weighted by molar-refractivity contribution is 0.379. The molecule has 0 radical (unpaired) electrons. The van der Waals surface area contributed by atoms with Crippen molar-refractivity contribution in [2.45, 2.75) is 33.2 Å². The Bertz CT molecular complexity index is 587. The molecule has 0 fully saturated rings. The first-order chi connectivity index (χ1) is 8.54. The van der Waals surface area contributed by atoms with Crippen LogP contribution in [0.1, 0.15) is 37.3 Å². The number of hydrogen-bond donors (Lipinski definition) is 2. The second-order valence-corrected chi connectivity index (χ2v) is 4.26. The monoisotopic (exact) mass is 249 g/mol. The molecule has 0 aromatic carbocycles. The normalized spacial score (nSPS) is 10.9. The Labute approximate surface area is 104 Å². The third-order valence-corrected chi connectivity index (χ3v) is 2.30. The van der Waals surface area contributed by atoms with Gasteiger partial charge in [-0.15, -0.1) is 0 Å². The minimum absolute atomic E-state index is 0.157. The maximum Gasteiger partial charge on any atom is 0.252 e. The maximum atomic E-state index is 11.4. The molecule has 2 N–H and O–H groups in total. The Morgan fingerprint density at radius 1 is 1.44 bits per heavy atom. The first kappa shape index (κ1) is 12.3. The van der Waals surface area contributed by atoms with E-state index >= 15 is 0 Å². The Morgan fingerprint density at radius 3 is 2.83 bits per heavy atom. The van der Waals surface area contributed by atoms with Gasteiger partial charge in [0.1, 0.15) is 11.6 Å². The van der Waals surface area contributed by atoms with Gasteiger partial charge in [-0.05, 0) is 6.92 Å². The molecule has 2 aromatic heterocycles. The Balaban J connectivity index is 2.11. The topological polar surface area (TPSA) is 96.7 Å². The van der Waals surface area contributed by atoms with Crippen LogP contribution in [-0.4, -0.2) is 20.1 Å². The second kappa shape index (κ2) is 4.99. The van der Waals surface area contributed by atoms with E-state index in [0.29, 0.717) is 29.9 Å². The van der Waals surface area contributed by atoms with Crippen molar-refractivity contribution < 1.29 is 4.52 Å². The summed E-state index contributed by atoms with van der Waals surface area (Å²) in [4.78, 5) is 22.5. The van der Waals surface area contributed by atoms with Crippen LogP contribution in [0.4, 0.5) is 5.82 Å². The lowest BCUT2D eigenvalue weighted by Crippen LogP contribution is -2.14. The van der Waals surface area contributed by atoms with Gasteiger partial charge < -0.3 is 14.8 Å². The number of anilines is 1. The van der Waals surface area contributed by atoms with Crippen molar-refractivity contribution in [3.8, 4) is 0 Å². The Kier molecular flexibility index (Phi) is 3.40. The van der Waals surface area contributed by atoms with E-state index in [2.05, 4.69) is 25.4 Å². The molecule has 96 valence electrons. The number of aromatic amines is 1. The van der Waals surface area contributed by atoms with Crippen molar-refractivity contribution in [3.63, 3.8) is 0 Å². The lowest BCUT2D eigenvalue weighted by Gasteiger charge is -2.07. The average Bonchev–Trinajstić information content (AvgIpc) is 2.72. The standard InChI is InChI=1S/C11H15N5O2/c1-6(2)11-14-8(4-9(17)15-11)12-5-10-13-7(3)16-18-10/h4,6H,5H2,1-3H3,(H2,12,14,15,17). The van der Waals surface area contributed by atoms with Crippen LogP contribution in [0.15, 0.2) is 15.4 Å². The van der Waals surface area contributed by atoms with Gasteiger partial charge in [0.2, 0.25) is 5.89 Å². The number of aryl methyl sites for hydroxylation is 1. The number of nitrogens with zero attached hydrogens (tertiary/aromatic N) is 3. The van der Waals surface area contributed by atoms with Gasteiger partial charge in [-0.3, -0.25) is 4.79 Å². The van der Waals surface area contributed by atoms with E-state index < -0.39 is 0 Å². The minimum Gasteiger partial charge on any atom is -0.361 e. The highest BCUT2D eigenvalue weighted by Gasteiger charge is 2.07. The molecule has 0 saturated heterocycles. The van der Waals surface area contributed by atoms with Gasteiger partial charge >= 0.3 is 0 Å². The summed E-state index contributed by atoms with van der Waals surface area (Å²) in [7, 11) is 0. The van der Waals surface area contributed by atoms with Crippen molar-refractivity contribution in [2.24, 2.45) is 0 Å². The van der Waals surface area contributed by atoms with E-state index in [1.165, 1.54) is 6.07 Å². The average molecular weight is 249 g/mol. The van der Waals surface area contributed by atoms with Crippen molar-refractivity contribution in [1.82, 2.24) is 20.1 Å². The van der Waals surface area contributed by atoms with Gasteiger partial charge in [0.15, 0.2) is 5.82 Å². The fourth-order valence-corrected chi connectivity index (χ4v) is 1.42. The van der Waals surface area contributed by atoms with Crippen LogP contribution in [-0.2, 0) is 6.54 Å². The van der Waals surface area contributed by atoms with Gasteiger partial charge in [0, 0.05) is 12.0 Å². The molecule has 0 amide bonds. The Morgan fingerprint density at radius 2 is 2.22 bits per heavy atom. The number of hydrogen-bond acceptors (Lipinski definition) is 6. The quantitative estimate of drug-likeness (QED) is 0.845. The summed E-state index contributed by atoms with van der Waals surface area (Å²) < 4.78 is 4.96. The zero-order chi connectivity index (χ0) is 13.1. The smallest absolute Gasteiger partial charge is 0.252 e. The van der Waals surface area contributed by atoms with Crippen LogP contribution >= 0.6 is 0 Å². The summed E-state index contributed by atoms with van der Waals surface area (Å²) >= 11 is 0. The second-order valence-electron chi connectivity index (χ2n) is 4.26. The molecule has 2 rings (SSSR count). The summed E-state index contributed by atoms with van der Waals surface area (Å²) in [6.07, 6.45) is 0. The molecule has 0 spiro atoms. The molecule has 7 heteroatoms. The fraction of sp³-hybridized carbons (Fsp3) is 0.455. The molecule has 0 aliphatic heterocycles. The summed E-state index contributed by atoms with van der Waals surface area (Å²) in [6, 6.07) is 1.40. The van der Waals surface area contributed by atoms with Crippen molar-refractivity contribution in [2.75, 3.05) is 5.32 Å². The molecule has 0 atom stereocenters. The van der Waals surface area contributed by atoms with Gasteiger partial charge in [-0.25, -0.2) is 4.98 Å². The number of rotatable bonds is 4. The summed E-state index contributed by atoms with van der Waals surface area (Å²) in [6.45, 7) is 6.01. The van der Waals surface area contributed by atoms with E-state index in [1.54, 1.807) is 6.92 Å². The van der Waals surface area contributed by atoms with Crippen LogP contribution in [0.2, 0.25) is 0 Å². The molecule has 0 aliphatic carbocycles. The zero-order valence-electron chi connectivity index (χ0n) is 10.5. The van der Waals surface area contributed by atoms with Gasteiger partial charge in [-0.1, -0.05) is 19.0 Å². The van der Waals surface area contributed by atoms with Crippen LogP contribution in [0, 0.1) is 6.92 Å². The maximum absolute atomic E-state index is 11.4. The fourth-order valence-electron chi connectivity index (χ4n) is 1.42. The number of H-pyrrole nitrogens is 1. The molecule has 18 heavy (non-hydrogen) atoms. The van der Waals surface area contributed by atoms with Gasteiger partial charge in [0.25, 0.3) is 5.56 Å². The zero-order valence-corrected chi connectivity index (χ0v) is 10.5. The number of aromatic nitrogens is 4. The van der Waals surface area contributed by atoms with E-state index in [4.69, 9.17) is 4.52 Å². The first-order valence-electron chi connectivity index (χ1n) is 5.69. The highest BCUT2D eigenvalue weighted by Crippen LogP contribution is 2.09. The molecule has 2 heterocycles. The molecule has 2 aromatic rings.